The molecule has 0 atom stereocenters. The monoisotopic (exact) mass is 442 g/mol. The van der Waals surface area contributed by atoms with E-state index < -0.39 is 5.97 Å². The molecule has 0 fully saturated rings. The number of rotatable bonds is 3. The topological polar surface area (TPSA) is 82.0 Å². The third-order valence-electron chi connectivity index (χ3n) is 2.63. The molecule has 0 unspecified atom stereocenters. The second kappa shape index (κ2) is 7.26. The number of esters is 1. The second-order valence-electron chi connectivity index (χ2n) is 3.79. The number of amidine groups is 1. The molecule has 0 radical (unpaired) electrons. The Morgan fingerprint density at radius 3 is 2.74 bits per heavy atom. The van der Waals surface area contributed by atoms with Crippen LogP contribution in [0.25, 0.3) is 5.32 Å². The minimum absolute atomic E-state index is 0. The SMILES string of the molecule is COC(=O)C1=NN(c2ccc(CN)cc2)CC[N-]1.[Pt]. The van der Waals surface area contributed by atoms with E-state index in [1.807, 2.05) is 24.3 Å². The van der Waals surface area contributed by atoms with Crippen molar-refractivity contribution in [1.82, 2.24) is 0 Å². The van der Waals surface area contributed by atoms with Gasteiger partial charge < -0.3 is 25.9 Å². The Balaban J connectivity index is 0.00000180. The second-order valence-corrected chi connectivity index (χ2v) is 3.79. The Kier molecular flexibility index (Phi) is 5.99. The first kappa shape index (κ1) is 15.7. The summed E-state index contributed by atoms with van der Waals surface area (Å²) in [5.41, 5.74) is 7.50. The Hall–Kier alpha value is -1.39. The van der Waals surface area contributed by atoms with Gasteiger partial charge in [-0.05, 0) is 24.2 Å². The van der Waals surface area contributed by atoms with Crippen LogP contribution in [-0.2, 0) is 37.1 Å². The van der Waals surface area contributed by atoms with E-state index in [4.69, 9.17) is 5.73 Å². The Morgan fingerprint density at radius 1 is 1.47 bits per heavy atom. The molecule has 0 aromatic heterocycles. The maximum Gasteiger partial charge on any atom is 0.330 e. The summed E-state index contributed by atoms with van der Waals surface area (Å²) in [4.78, 5) is 11.4. The number of hydrogen-bond donors (Lipinski definition) is 1. The quantitative estimate of drug-likeness (QED) is 0.703. The number of carbonyl (C=O) groups excluding carboxylic acids is 1. The van der Waals surface area contributed by atoms with Crippen molar-refractivity contribution in [3.8, 4) is 0 Å². The number of hydrazone groups is 1. The van der Waals surface area contributed by atoms with E-state index in [0.717, 1.165) is 11.3 Å². The fourth-order valence-electron chi connectivity index (χ4n) is 1.63. The summed E-state index contributed by atoms with van der Waals surface area (Å²) in [5.74, 6) is -0.412. The average molecular weight is 442 g/mol. The molecule has 0 saturated heterocycles. The van der Waals surface area contributed by atoms with Crippen molar-refractivity contribution < 1.29 is 30.6 Å². The molecule has 106 valence electrons. The molecule has 1 aliphatic rings. The van der Waals surface area contributed by atoms with Gasteiger partial charge in [0.05, 0.1) is 7.11 Å². The van der Waals surface area contributed by atoms with Crippen LogP contribution in [-0.4, -0.2) is 32.0 Å². The molecule has 1 aromatic rings. The maximum atomic E-state index is 11.4. The molecule has 0 saturated carbocycles. The summed E-state index contributed by atoms with van der Waals surface area (Å²) in [6.45, 7) is 1.67. The number of hydrogen-bond acceptors (Lipinski definition) is 5. The smallest absolute Gasteiger partial charge is 0.330 e. The molecule has 1 aromatic carbocycles. The molecular weight excluding hydrogens is 427 g/mol. The Bertz CT molecular complexity index is 461. The van der Waals surface area contributed by atoms with Crippen LogP contribution < -0.4 is 10.7 Å². The van der Waals surface area contributed by atoms with E-state index in [1.54, 1.807) is 5.01 Å². The van der Waals surface area contributed by atoms with Gasteiger partial charge in [0, 0.05) is 45.7 Å². The molecule has 0 bridgehead atoms. The van der Waals surface area contributed by atoms with Crippen molar-refractivity contribution in [2.75, 3.05) is 25.2 Å². The van der Waals surface area contributed by atoms with Crippen molar-refractivity contribution in [3.63, 3.8) is 0 Å². The number of anilines is 1. The largest absolute Gasteiger partial charge is 0.466 e. The molecule has 19 heavy (non-hydrogen) atoms. The molecule has 1 heterocycles. The standard InChI is InChI=1S/C12H15N4O2.Pt/c1-18-12(17)11-14-6-7-16(15-11)10-4-2-9(8-13)3-5-10;/h2-5H,6-8,13H2,1H3;/q-1;. The first-order valence-electron chi connectivity index (χ1n) is 5.65. The number of nitrogens with zero attached hydrogens (tertiary/aromatic N) is 3. The molecule has 2 N–H and O–H groups in total. The van der Waals surface area contributed by atoms with Gasteiger partial charge in [-0.25, -0.2) is 4.79 Å². The van der Waals surface area contributed by atoms with Crippen LogP contribution in [0.3, 0.4) is 0 Å². The summed E-state index contributed by atoms with van der Waals surface area (Å²) < 4.78 is 4.60. The van der Waals surface area contributed by atoms with Crippen LogP contribution in [0.5, 0.6) is 0 Å². The summed E-state index contributed by atoms with van der Waals surface area (Å²) >= 11 is 0. The molecule has 7 heteroatoms. The molecule has 0 spiro atoms. The van der Waals surface area contributed by atoms with Gasteiger partial charge in [-0.3, -0.25) is 0 Å². The van der Waals surface area contributed by atoms with Gasteiger partial charge in [0.15, 0.2) is 0 Å². The van der Waals surface area contributed by atoms with Crippen LogP contribution >= 0.6 is 0 Å². The van der Waals surface area contributed by atoms with Crippen LogP contribution in [0.4, 0.5) is 5.69 Å². The predicted octanol–water partition coefficient (Wildman–Crippen LogP) is 0.823. The van der Waals surface area contributed by atoms with E-state index in [2.05, 4.69) is 15.2 Å². The number of benzene rings is 1. The van der Waals surface area contributed by atoms with Gasteiger partial charge in [-0.2, -0.15) is 0 Å². The van der Waals surface area contributed by atoms with Crippen molar-refractivity contribution >= 4 is 17.5 Å². The molecule has 0 aliphatic carbocycles. The van der Waals surface area contributed by atoms with Gasteiger partial charge >= 0.3 is 5.97 Å². The fourth-order valence-corrected chi connectivity index (χ4v) is 1.63. The first-order valence-corrected chi connectivity index (χ1v) is 5.65. The molecule has 2 rings (SSSR count). The van der Waals surface area contributed by atoms with E-state index in [0.29, 0.717) is 19.6 Å². The summed E-state index contributed by atoms with van der Waals surface area (Å²) in [5, 5.41) is 9.91. The van der Waals surface area contributed by atoms with Gasteiger partial charge in [-0.15, -0.1) is 0 Å². The van der Waals surface area contributed by atoms with Crippen LogP contribution in [0.1, 0.15) is 5.56 Å². The zero-order valence-electron chi connectivity index (χ0n) is 10.5. The van der Waals surface area contributed by atoms with Crippen molar-refractivity contribution in [2.24, 2.45) is 10.8 Å². The van der Waals surface area contributed by atoms with E-state index in [1.165, 1.54) is 7.11 Å². The van der Waals surface area contributed by atoms with Crippen LogP contribution in [0.2, 0.25) is 0 Å². The zero-order chi connectivity index (χ0) is 13.0. The van der Waals surface area contributed by atoms with Crippen molar-refractivity contribution in [2.45, 2.75) is 6.54 Å². The van der Waals surface area contributed by atoms with E-state index in [9.17, 15) is 4.79 Å². The Labute approximate surface area is 126 Å². The molecule has 6 nitrogen and oxygen atoms in total. The summed E-state index contributed by atoms with van der Waals surface area (Å²) in [6.07, 6.45) is 0. The van der Waals surface area contributed by atoms with Crippen molar-refractivity contribution in [1.29, 1.82) is 0 Å². The predicted molar refractivity (Wildman–Crippen MR) is 69.4 cm³/mol. The maximum absolute atomic E-state index is 11.4. The number of carbonyl (C=O) groups is 1. The van der Waals surface area contributed by atoms with E-state index in [-0.39, 0.29) is 26.9 Å². The Morgan fingerprint density at radius 2 is 2.16 bits per heavy atom. The van der Waals surface area contributed by atoms with Crippen LogP contribution in [0.15, 0.2) is 29.4 Å². The first-order chi connectivity index (χ1) is 8.74. The fraction of sp³-hybridized carbons (Fsp3) is 0.333. The summed E-state index contributed by atoms with van der Waals surface area (Å²) in [7, 11) is 1.31. The minimum atomic E-state index is -0.515. The third kappa shape index (κ3) is 3.78. The van der Waals surface area contributed by atoms with Gasteiger partial charge in [-0.1, -0.05) is 12.1 Å². The number of methoxy groups -OCH3 is 1. The van der Waals surface area contributed by atoms with Crippen molar-refractivity contribution in [3.05, 3.63) is 35.1 Å². The number of nitrogens with two attached hydrogens (primary N) is 1. The third-order valence-corrected chi connectivity index (χ3v) is 2.63. The summed E-state index contributed by atoms with van der Waals surface area (Å²) in [6, 6.07) is 7.72. The number of ether oxygens (including phenoxy) is 1. The normalized spacial score (nSPS) is 14.0. The molecule has 0 amide bonds. The van der Waals surface area contributed by atoms with Crippen LogP contribution in [0, 0.1) is 0 Å². The van der Waals surface area contributed by atoms with Gasteiger partial charge in [0.25, 0.3) is 0 Å². The zero-order valence-corrected chi connectivity index (χ0v) is 12.8. The molecule has 1 aliphatic heterocycles. The van der Waals surface area contributed by atoms with E-state index >= 15 is 0 Å². The van der Waals surface area contributed by atoms with Gasteiger partial charge in [0.1, 0.15) is 0 Å². The molecular formula is C12H15N4O2Pt-. The van der Waals surface area contributed by atoms with Gasteiger partial charge in [0.2, 0.25) is 0 Å². The minimum Gasteiger partial charge on any atom is -0.466 e. The average Bonchev–Trinajstić information content (AvgIpc) is 2.46.